The van der Waals surface area contributed by atoms with E-state index in [0.29, 0.717) is 12.2 Å². The number of benzene rings is 1. The first-order chi connectivity index (χ1) is 7.22. The predicted molar refractivity (Wildman–Crippen MR) is 59.8 cm³/mol. The van der Waals surface area contributed by atoms with Gasteiger partial charge in [0.2, 0.25) is 5.91 Å². The van der Waals surface area contributed by atoms with Crippen molar-refractivity contribution in [1.29, 1.82) is 0 Å². The van der Waals surface area contributed by atoms with Crippen LogP contribution in [-0.4, -0.2) is 24.1 Å². The van der Waals surface area contributed by atoms with E-state index in [4.69, 9.17) is 5.11 Å². The molecule has 15 heavy (non-hydrogen) atoms. The molecule has 1 aromatic carbocycles. The average Bonchev–Trinajstić information content (AvgIpc) is 2.18. The molecule has 1 rings (SSSR count). The summed E-state index contributed by atoms with van der Waals surface area (Å²) in [5.41, 5.74) is 0.584. The third-order valence-electron chi connectivity index (χ3n) is 1.70. The maximum absolute atomic E-state index is 11.3. The van der Waals surface area contributed by atoms with Gasteiger partial charge in [-0.3, -0.25) is 4.79 Å². The summed E-state index contributed by atoms with van der Waals surface area (Å²) < 4.78 is 0. The molecule has 0 saturated heterocycles. The van der Waals surface area contributed by atoms with Gasteiger partial charge in [0, 0.05) is 18.3 Å². The van der Waals surface area contributed by atoms with Crippen molar-refractivity contribution in [2.45, 2.75) is 0 Å². The molecule has 1 amide bonds. The van der Waals surface area contributed by atoms with Crippen LogP contribution in [-0.2, 0) is 4.79 Å². The minimum Gasteiger partial charge on any atom is -0.508 e. The molecule has 0 fully saturated rings. The van der Waals surface area contributed by atoms with Crippen molar-refractivity contribution in [3.8, 4) is 5.75 Å². The molecular weight excluding hydrogens is 192 g/mol. The van der Waals surface area contributed by atoms with Gasteiger partial charge in [0.1, 0.15) is 5.75 Å². The number of carbonyl (C=O) groups is 1. The number of aromatic hydroxyl groups is 1. The van der Waals surface area contributed by atoms with Gasteiger partial charge >= 0.3 is 0 Å². The molecular formula is C11H14N2O2. The Bertz CT molecular complexity index is 350. The van der Waals surface area contributed by atoms with Gasteiger partial charge in [-0.25, -0.2) is 0 Å². The lowest BCUT2D eigenvalue weighted by atomic mass is 10.3. The molecule has 0 heterocycles. The van der Waals surface area contributed by atoms with Crippen LogP contribution >= 0.6 is 0 Å². The molecule has 0 aromatic heterocycles. The fraction of sp³-hybridized carbons (Fsp3) is 0.182. The Kier molecular flexibility index (Phi) is 4.37. The summed E-state index contributed by atoms with van der Waals surface area (Å²) in [6, 6.07) is 6.42. The van der Waals surface area contributed by atoms with Crippen LogP contribution in [0.2, 0.25) is 0 Å². The van der Waals surface area contributed by atoms with Crippen molar-refractivity contribution in [2.75, 3.05) is 18.4 Å². The van der Waals surface area contributed by atoms with E-state index in [1.807, 2.05) is 0 Å². The molecule has 4 heteroatoms. The molecule has 1 aromatic rings. The fourth-order valence-electron chi connectivity index (χ4n) is 1.08. The Morgan fingerprint density at radius 1 is 1.53 bits per heavy atom. The molecule has 0 aliphatic carbocycles. The van der Waals surface area contributed by atoms with Crippen LogP contribution in [0.5, 0.6) is 5.75 Å². The Balaban J connectivity index is 2.40. The molecule has 0 radical (unpaired) electrons. The van der Waals surface area contributed by atoms with Crippen LogP contribution < -0.4 is 10.6 Å². The van der Waals surface area contributed by atoms with Crippen LogP contribution in [0.15, 0.2) is 36.9 Å². The van der Waals surface area contributed by atoms with Crippen LogP contribution in [0.4, 0.5) is 5.69 Å². The average molecular weight is 206 g/mol. The highest BCUT2D eigenvalue weighted by molar-refractivity contribution is 5.92. The SMILES string of the molecule is C=CCNCC(=O)Nc1cccc(O)c1. The van der Waals surface area contributed by atoms with E-state index in [-0.39, 0.29) is 18.2 Å². The maximum atomic E-state index is 11.3. The van der Waals surface area contributed by atoms with Gasteiger partial charge in [0.05, 0.1) is 6.54 Å². The minimum absolute atomic E-state index is 0.131. The van der Waals surface area contributed by atoms with Crippen molar-refractivity contribution in [3.05, 3.63) is 36.9 Å². The van der Waals surface area contributed by atoms with E-state index in [2.05, 4.69) is 17.2 Å². The highest BCUT2D eigenvalue weighted by Gasteiger charge is 2.00. The predicted octanol–water partition coefficient (Wildman–Crippen LogP) is 1.11. The standard InChI is InChI=1S/C11H14N2O2/c1-2-6-12-8-11(15)13-9-4-3-5-10(14)7-9/h2-5,7,12,14H,1,6,8H2,(H,13,15). The zero-order valence-corrected chi connectivity index (χ0v) is 8.36. The number of hydrogen-bond acceptors (Lipinski definition) is 3. The van der Waals surface area contributed by atoms with E-state index < -0.39 is 0 Å². The third kappa shape index (κ3) is 4.28. The third-order valence-corrected chi connectivity index (χ3v) is 1.70. The molecule has 0 aliphatic rings. The molecule has 0 bridgehead atoms. The number of nitrogens with one attached hydrogen (secondary N) is 2. The lowest BCUT2D eigenvalue weighted by Crippen LogP contribution is -2.27. The van der Waals surface area contributed by atoms with Crippen LogP contribution in [0.25, 0.3) is 0 Å². The van der Waals surface area contributed by atoms with Gasteiger partial charge in [0.15, 0.2) is 0 Å². The van der Waals surface area contributed by atoms with Crippen molar-refractivity contribution < 1.29 is 9.90 Å². The van der Waals surface area contributed by atoms with Gasteiger partial charge in [-0.2, -0.15) is 0 Å². The molecule has 0 saturated carbocycles. The highest BCUT2D eigenvalue weighted by Crippen LogP contribution is 2.14. The van der Waals surface area contributed by atoms with Gasteiger partial charge in [-0.05, 0) is 12.1 Å². The first-order valence-electron chi connectivity index (χ1n) is 4.63. The van der Waals surface area contributed by atoms with E-state index in [1.165, 1.54) is 6.07 Å². The van der Waals surface area contributed by atoms with E-state index in [9.17, 15) is 4.79 Å². The second-order valence-electron chi connectivity index (χ2n) is 3.02. The summed E-state index contributed by atoms with van der Waals surface area (Å²) in [4.78, 5) is 11.3. The zero-order chi connectivity index (χ0) is 11.1. The van der Waals surface area contributed by atoms with Crippen LogP contribution in [0, 0.1) is 0 Å². The zero-order valence-electron chi connectivity index (χ0n) is 8.36. The Morgan fingerprint density at radius 2 is 2.33 bits per heavy atom. The minimum atomic E-state index is -0.151. The van der Waals surface area contributed by atoms with E-state index in [1.54, 1.807) is 24.3 Å². The summed E-state index contributed by atoms with van der Waals surface area (Å²) in [6.07, 6.45) is 1.68. The lowest BCUT2D eigenvalue weighted by Gasteiger charge is -2.05. The van der Waals surface area contributed by atoms with Crippen molar-refractivity contribution in [1.82, 2.24) is 5.32 Å². The second kappa shape index (κ2) is 5.82. The molecule has 0 unspecified atom stereocenters. The molecule has 0 atom stereocenters. The van der Waals surface area contributed by atoms with Gasteiger partial charge in [0.25, 0.3) is 0 Å². The normalized spacial score (nSPS) is 9.60. The second-order valence-corrected chi connectivity index (χ2v) is 3.02. The number of phenols is 1. The number of hydrogen-bond donors (Lipinski definition) is 3. The smallest absolute Gasteiger partial charge is 0.238 e. The highest BCUT2D eigenvalue weighted by atomic mass is 16.3. The summed E-state index contributed by atoms with van der Waals surface area (Å²) >= 11 is 0. The van der Waals surface area contributed by atoms with Gasteiger partial charge in [-0.1, -0.05) is 12.1 Å². The summed E-state index contributed by atoms with van der Waals surface area (Å²) in [5, 5.41) is 14.7. The molecule has 3 N–H and O–H groups in total. The Hall–Kier alpha value is -1.81. The summed E-state index contributed by atoms with van der Waals surface area (Å²) in [7, 11) is 0. The molecule has 4 nitrogen and oxygen atoms in total. The Labute approximate surface area is 88.6 Å². The van der Waals surface area contributed by atoms with Crippen molar-refractivity contribution in [2.24, 2.45) is 0 Å². The van der Waals surface area contributed by atoms with E-state index >= 15 is 0 Å². The maximum Gasteiger partial charge on any atom is 0.238 e. The van der Waals surface area contributed by atoms with Gasteiger partial charge in [-0.15, -0.1) is 6.58 Å². The largest absolute Gasteiger partial charge is 0.508 e. The molecule has 80 valence electrons. The first-order valence-corrected chi connectivity index (χ1v) is 4.63. The lowest BCUT2D eigenvalue weighted by molar-refractivity contribution is -0.115. The Morgan fingerprint density at radius 3 is 3.00 bits per heavy atom. The fourth-order valence-corrected chi connectivity index (χ4v) is 1.08. The van der Waals surface area contributed by atoms with Crippen LogP contribution in [0.1, 0.15) is 0 Å². The number of rotatable bonds is 5. The number of amides is 1. The summed E-state index contributed by atoms with van der Waals surface area (Å²) in [6.45, 7) is 4.34. The number of carbonyl (C=O) groups excluding carboxylic acids is 1. The van der Waals surface area contributed by atoms with Crippen molar-refractivity contribution in [3.63, 3.8) is 0 Å². The quantitative estimate of drug-likeness (QED) is 0.499. The van der Waals surface area contributed by atoms with E-state index in [0.717, 1.165) is 0 Å². The molecule has 0 aliphatic heterocycles. The summed E-state index contributed by atoms with van der Waals surface area (Å²) in [5.74, 6) is -0.0192. The topological polar surface area (TPSA) is 61.4 Å². The van der Waals surface area contributed by atoms with Gasteiger partial charge < -0.3 is 15.7 Å². The van der Waals surface area contributed by atoms with Crippen molar-refractivity contribution >= 4 is 11.6 Å². The first kappa shape index (κ1) is 11.3. The monoisotopic (exact) mass is 206 g/mol. The molecule has 0 spiro atoms. The number of phenolic OH excluding ortho intramolecular Hbond substituents is 1. The number of anilines is 1. The van der Waals surface area contributed by atoms with Crippen LogP contribution in [0.3, 0.4) is 0 Å².